The number of nitrogens with zero attached hydrogens (tertiary/aromatic N) is 4. The molecular formula is C17H17FN5O5P. The number of phosphoric ester groups is 1. The number of nitrogens with two attached hydrogens (primary N) is 1. The maximum atomic E-state index is 14.7. The van der Waals surface area contributed by atoms with Gasteiger partial charge in [0.25, 0.3) is 0 Å². The molecule has 1 fully saturated rings. The first-order chi connectivity index (χ1) is 14.0. The van der Waals surface area contributed by atoms with Crippen molar-refractivity contribution in [2.75, 3.05) is 12.3 Å². The number of anilines is 1. The van der Waals surface area contributed by atoms with Crippen LogP contribution in [0.15, 0.2) is 36.9 Å². The monoisotopic (exact) mass is 421 g/mol. The Kier molecular flexibility index (Phi) is 4.47. The number of nitrogen functional groups attached to an aromatic ring is 1. The molecule has 4 atom stereocenters. The van der Waals surface area contributed by atoms with Crippen molar-refractivity contribution >= 4 is 24.8 Å². The van der Waals surface area contributed by atoms with Crippen LogP contribution in [0.25, 0.3) is 11.2 Å². The zero-order valence-corrected chi connectivity index (χ0v) is 15.9. The van der Waals surface area contributed by atoms with Gasteiger partial charge < -0.3 is 15.0 Å². The van der Waals surface area contributed by atoms with Crippen LogP contribution in [0.3, 0.4) is 0 Å². The van der Waals surface area contributed by atoms with Gasteiger partial charge in [0.05, 0.1) is 25.6 Å². The molecule has 2 N–H and O–H groups in total. The van der Waals surface area contributed by atoms with E-state index in [-0.39, 0.29) is 25.5 Å². The second-order valence-electron chi connectivity index (χ2n) is 6.70. The van der Waals surface area contributed by atoms with Crippen molar-refractivity contribution in [1.29, 1.82) is 0 Å². The predicted octanol–water partition coefficient (Wildman–Crippen LogP) is 2.77. The third kappa shape index (κ3) is 3.36. The fourth-order valence-corrected chi connectivity index (χ4v) is 4.60. The molecule has 5 rings (SSSR count). The first kappa shape index (κ1) is 18.4. The van der Waals surface area contributed by atoms with E-state index in [1.807, 2.05) is 12.1 Å². The SMILES string of the molecule is Nc1ncnc2c1ncn2[C@@H]1O[C@H](COP2(=O)OCc3ccccc3O2)C[C@H]1F. The number of fused-ring (bicyclic) bond motifs is 2. The lowest BCUT2D eigenvalue weighted by molar-refractivity contribution is -0.0362. The lowest BCUT2D eigenvalue weighted by Crippen LogP contribution is -2.19. The molecule has 2 aromatic heterocycles. The van der Waals surface area contributed by atoms with E-state index in [2.05, 4.69) is 15.0 Å². The lowest BCUT2D eigenvalue weighted by Gasteiger charge is -2.25. The number of halogens is 1. The van der Waals surface area contributed by atoms with Crippen LogP contribution >= 0.6 is 7.82 Å². The van der Waals surface area contributed by atoms with Crippen LogP contribution in [-0.4, -0.2) is 38.4 Å². The second-order valence-corrected chi connectivity index (χ2v) is 8.29. The molecule has 2 aliphatic heterocycles. The highest BCUT2D eigenvalue weighted by Gasteiger charge is 2.41. The van der Waals surface area contributed by atoms with E-state index in [1.165, 1.54) is 17.2 Å². The Hall–Kier alpha value is -2.59. The zero-order chi connectivity index (χ0) is 20.0. The zero-order valence-electron chi connectivity index (χ0n) is 15.1. The number of aromatic nitrogens is 4. The smallest absolute Gasteiger partial charge is 0.404 e. The quantitative estimate of drug-likeness (QED) is 0.633. The standard InChI is InChI=1S/C17H17FN5O5P/c18-12-5-11(7-26-29(24)25-6-10-3-1-2-4-13(10)28-29)27-17(12)23-9-22-14-15(19)20-8-21-16(14)23/h1-4,8-9,11-12,17H,5-7H2,(H2,19,20,21)/t11-,12+,17+,29?/m0/s1. The molecule has 0 amide bonds. The maximum Gasteiger partial charge on any atom is 0.530 e. The Morgan fingerprint density at radius 3 is 3.07 bits per heavy atom. The minimum absolute atomic E-state index is 0.0431. The summed E-state index contributed by atoms with van der Waals surface area (Å²) in [6, 6.07) is 7.09. The molecule has 0 bridgehead atoms. The average Bonchev–Trinajstić information content (AvgIpc) is 3.30. The van der Waals surface area contributed by atoms with E-state index in [0.29, 0.717) is 16.9 Å². The maximum absolute atomic E-state index is 14.7. The van der Waals surface area contributed by atoms with Gasteiger partial charge in [-0.15, -0.1) is 0 Å². The number of hydrogen-bond acceptors (Lipinski definition) is 9. The van der Waals surface area contributed by atoms with Crippen LogP contribution in [0.4, 0.5) is 10.2 Å². The minimum atomic E-state index is -3.80. The Balaban J connectivity index is 1.27. The molecule has 0 aliphatic carbocycles. The molecule has 4 heterocycles. The summed E-state index contributed by atoms with van der Waals surface area (Å²) < 4.78 is 50.6. The van der Waals surface area contributed by atoms with Gasteiger partial charge in [-0.05, 0) is 6.07 Å². The van der Waals surface area contributed by atoms with Crippen molar-refractivity contribution in [3.05, 3.63) is 42.5 Å². The van der Waals surface area contributed by atoms with Crippen molar-refractivity contribution in [1.82, 2.24) is 19.5 Å². The van der Waals surface area contributed by atoms with E-state index in [9.17, 15) is 8.96 Å². The molecule has 0 spiro atoms. The van der Waals surface area contributed by atoms with Crippen molar-refractivity contribution in [2.24, 2.45) is 0 Å². The largest absolute Gasteiger partial charge is 0.530 e. The first-order valence-corrected chi connectivity index (χ1v) is 10.4. The molecular weight excluding hydrogens is 404 g/mol. The molecule has 0 saturated carbocycles. The summed E-state index contributed by atoms with van der Waals surface area (Å²) in [6.07, 6.45) is -0.226. The van der Waals surface area contributed by atoms with Crippen molar-refractivity contribution < 1.29 is 27.3 Å². The number of para-hydroxylation sites is 1. The number of benzene rings is 1. The molecule has 12 heteroatoms. The normalized spacial score (nSPS) is 28.9. The molecule has 1 unspecified atom stereocenters. The van der Waals surface area contributed by atoms with E-state index in [1.54, 1.807) is 12.1 Å². The van der Waals surface area contributed by atoms with Gasteiger partial charge in [0.15, 0.2) is 17.7 Å². The van der Waals surface area contributed by atoms with Gasteiger partial charge in [-0.1, -0.05) is 18.2 Å². The van der Waals surface area contributed by atoms with Crippen LogP contribution in [-0.2, 0) is 25.0 Å². The summed E-state index contributed by atoms with van der Waals surface area (Å²) in [7, 11) is -3.80. The van der Waals surface area contributed by atoms with Gasteiger partial charge in [0, 0.05) is 12.0 Å². The van der Waals surface area contributed by atoms with Crippen molar-refractivity contribution in [3.63, 3.8) is 0 Å². The van der Waals surface area contributed by atoms with E-state index >= 15 is 0 Å². The summed E-state index contributed by atoms with van der Waals surface area (Å²) in [5, 5.41) is 0. The fraction of sp³-hybridized carbons (Fsp3) is 0.353. The van der Waals surface area contributed by atoms with Crippen LogP contribution in [0.5, 0.6) is 5.75 Å². The minimum Gasteiger partial charge on any atom is -0.404 e. The number of phosphoric acid groups is 1. The third-order valence-electron chi connectivity index (χ3n) is 4.77. The highest BCUT2D eigenvalue weighted by atomic mass is 31.2. The number of rotatable bonds is 4. The molecule has 0 radical (unpaired) electrons. The number of ether oxygens (including phenoxy) is 1. The van der Waals surface area contributed by atoms with Gasteiger partial charge in [-0.3, -0.25) is 13.6 Å². The summed E-state index contributed by atoms with van der Waals surface area (Å²) in [6.45, 7) is -0.0460. The Morgan fingerprint density at radius 1 is 1.31 bits per heavy atom. The molecule has 29 heavy (non-hydrogen) atoms. The van der Waals surface area contributed by atoms with Crippen molar-refractivity contribution in [3.8, 4) is 5.75 Å². The lowest BCUT2D eigenvalue weighted by atomic mass is 10.2. The highest BCUT2D eigenvalue weighted by Crippen LogP contribution is 2.54. The van der Waals surface area contributed by atoms with Gasteiger partial charge in [0.1, 0.15) is 23.8 Å². The highest BCUT2D eigenvalue weighted by molar-refractivity contribution is 7.49. The number of hydrogen-bond donors (Lipinski definition) is 1. The molecule has 10 nitrogen and oxygen atoms in total. The molecule has 1 aromatic carbocycles. The predicted molar refractivity (Wildman–Crippen MR) is 98.6 cm³/mol. The Labute approximate surface area is 164 Å². The summed E-state index contributed by atoms with van der Waals surface area (Å²) in [4.78, 5) is 12.1. The molecule has 2 aliphatic rings. The fourth-order valence-electron chi connectivity index (χ4n) is 3.35. The summed E-state index contributed by atoms with van der Waals surface area (Å²) in [5.74, 6) is 0.643. The molecule has 3 aromatic rings. The third-order valence-corrected chi connectivity index (χ3v) is 6.10. The van der Waals surface area contributed by atoms with E-state index in [4.69, 9.17) is 24.0 Å². The van der Waals surface area contributed by atoms with Gasteiger partial charge in [-0.2, -0.15) is 0 Å². The Morgan fingerprint density at radius 2 is 2.17 bits per heavy atom. The topological polar surface area (TPSA) is 124 Å². The molecule has 1 saturated heterocycles. The van der Waals surface area contributed by atoms with E-state index < -0.39 is 26.3 Å². The number of imidazole rings is 1. The van der Waals surface area contributed by atoms with Crippen molar-refractivity contribution in [2.45, 2.75) is 31.5 Å². The van der Waals surface area contributed by atoms with Crippen LogP contribution in [0.2, 0.25) is 0 Å². The summed E-state index contributed by atoms with van der Waals surface area (Å²) in [5.41, 5.74) is 7.28. The van der Waals surface area contributed by atoms with E-state index in [0.717, 1.165) is 5.56 Å². The Bertz CT molecular complexity index is 1110. The molecule has 152 valence electrons. The van der Waals surface area contributed by atoms with Crippen LogP contribution in [0.1, 0.15) is 18.2 Å². The van der Waals surface area contributed by atoms with Gasteiger partial charge in [0.2, 0.25) is 0 Å². The number of alkyl halides is 1. The first-order valence-electron chi connectivity index (χ1n) is 8.91. The van der Waals surface area contributed by atoms with Gasteiger partial charge >= 0.3 is 7.82 Å². The second kappa shape index (κ2) is 7.03. The van der Waals surface area contributed by atoms with Crippen LogP contribution < -0.4 is 10.3 Å². The average molecular weight is 421 g/mol. The van der Waals surface area contributed by atoms with Gasteiger partial charge in [-0.25, -0.2) is 23.9 Å². The summed E-state index contributed by atoms with van der Waals surface area (Å²) >= 11 is 0. The van der Waals surface area contributed by atoms with Crippen LogP contribution in [0, 0.1) is 0 Å².